The summed E-state index contributed by atoms with van der Waals surface area (Å²) in [6, 6.07) is 5.04. The highest BCUT2D eigenvalue weighted by molar-refractivity contribution is 5.98. The summed E-state index contributed by atoms with van der Waals surface area (Å²) in [5.41, 5.74) is 5.65. The Morgan fingerprint density at radius 2 is 1.89 bits per heavy atom. The Balaban J connectivity index is 2.63. The van der Waals surface area contributed by atoms with E-state index in [1.807, 2.05) is 5.32 Å². The highest BCUT2D eigenvalue weighted by Gasteiger charge is 2.19. The molecule has 1 aromatic carbocycles. The molecule has 0 spiro atoms. The number of amides is 3. The smallest absolute Gasteiger partial charge is 0.338 e. The summed E-state index contributed by atoms with van der Waals surface area (Å²) in [5, 5.41) is 10.7. The molecule has 0 fully saturated rings. The van der Waals surface area contributed by atoms with Gasteiger partial charge in [0.25, 0.3) is 5.91 Å². The molecule has 19 heavy (non-hydrogen) atoms. The molecule has 0 aromatic heterocycles. The molecule has 7 nitrogen and oxygen atoms in total. The number of nitrogens with one attached hydrogen (secondary N) is 1. The first-order valence-corrected chi connectivity index (χ1v) is 5.45. The molecule has 7 heteroatoms. The van der Waals surface area contributed by atoms with E-state index >= 15 is 0 Å². The maximum atomic E-state index is 11.7. The minimum Gasteiger partial charge on any atom is -0.449 e. The first kappa shape index (κ1) is 14.7. The average Bonchev–Trinajstić information content (AvgIpc) is 2.37. The normalized spacial score (nSPS) is 11.5. The van der Waals surface area contributed by atoms with E-state index in [0.29, 0.717) is 5.56 Å². The van der Waals surface area contributed by atoms with E-state index in [9.17, 15) is 14.4 Å². The quantitative estimate of drug-likeness (QED) is 0.658. The van der Waals surface area contributed by atoms with E-state index in [1.165, 1.54) is 19.1 Å². The van der Waals surface area contributed by atoms with Crippen molar-refractivity contribution in [3.05, 3.63) is 35.4 Å². The molecule has 0 aliphatic carbocycles. The first-order valence-electron chi connectivity index (χ1n) is 5.45. The predicted octanol–water partition coefficient (Wildman–Crippen LogP) is -0.0809. The second-order valence-corrected chi connectivity index (χ2v) is 3.76. The Morgan fingerprint density at radius 1 is 1.32 bits per heavy atom. The van der Waals surface area contributed by atoms with Gasteiger partial charge >= 0.3 is 12.0 Å². The van der Waals surface area contributed by atoms with E-state index in [2.05, 4.69) is 0 Å². The van der Waals surface area contributed by atoms with Crippen molar-refractivity contribution in [1.29, 1.82) is 0 Å². The number of hydrogen-bond acceptors (Lipinski definition) is 5. The first-order chi connectivity index (χ1) is 8.93. The van der Waals surface area contributed by atoms with Crippen LogP contribution < -0.4 is 11.1 Å². The van der Waals surface area contributed by atoms with Crippen LogP contribution in [0.4, 0.5) is 4.79 Å². The fraction of sp³-hybridized carbons (Fsp3) is 0.250. The molecule has 1 atom stereocenters. The summed E-state index contributed by atoms with van der Waals surface area (Å²) in [7, 11) is 0. The number of rotatable bonds is 4. The standard InChI is InChI=1S/C12H14N2O5/c1-7(10(16)14-12(13)18)19-11(17)9-4-2-8(6-15)3-5-9/h2-5,7,15H,6H2,1H3,(H3,13,14,16,18)/t7-/m0/s1. The second kappa shape index (κ2) is 6.50. The van der Waals surface area contributed by atoms with Crippen LogP contribution in [0, 0.1) is 0 Å². The Bertz CT molecular complexity index is 483. The molecule has 1 aromatic rings. The van der Waals surface area contributed by atoms with Crippen LogP contribution in [0.5, 0.6) is 0 Å². The van der Waals surface area contributed by atoms with Gasteiger partial charge in [-0.15, -0.1) is 0 Å². The third kappa shape index (κ3) is 4.40. The maximum absolute atomic E-state index is 11.7. The Hall–Kier alpha value is -2.41. The number of aliphatic hydroxyl groups is 1. The monoisotopic (exact) mass is 266 g/mol. The fourth-order valence-electron chi connectivity index (χ4n) is 1.25. The van der Waals surface area contributed by atoms with Crippen LogP contribution in [0.25, 0.3) is 0 Å². The number of urea groups is 1. The van der Waals surface area contributed by atoms with Gasteiger partial charge in [-0.3, -0.25) is 10.1 Å². The van der Waals surface area contributed by atoms with Gasteiger partial charge < -0.3 is 15.6 Å². The number of hydrogen-bond donors (Lipinski definition) is 3. The van der Waals surface area contributed by atoms with Gasteiger partial charge in [-0.05, 0) is 24.6 Å². The zero-order chi connectivity index (χ0) is 14.4. The third-order valence-corrected chi connectivity index (χ3v) is 2.27. The lowest BCUT2D eigenvalue weighted by molar-refractivity contribution is -0.127. The minimum atomic E-state index is -1.14. The zero-order valence-corrected chi connectivity index (χ0v) is 10.3. The highest BCUT2D eigenvalue weighted by atomic mass is 16.5. The van der Waals surface area contributed by atoms with E-state index < -0.39 is 24.0 Å². The van der Waals surface area contributed by atoms with Gasteiger partial charge in [0.05, 0.1) is 12.2 Å². The fourth-order valence-corrected chi connectivity index (χ4v) is 1.25. The maximum Gasteiger partial charge on any atom is 0.338 e. The number of aliphatic hydroxyl groups excluding tert-OH is 1. The highest BCUT2D eigenvalue weighted by Crippen LogP contribution is 2.07. The number of imide groups is 1. The van der Waals surface area contributed by atoms with Crippen LogP contribution in [-0.2, 0) is 16.1 Å². The van der Waals surface area contributed by atoms with Gasteiger partial charge in [-0.2, -0.15) is 0 Å². The summed E-state index contributed by atoms with van der Waals surface area (Å²) < 4.78 is 4.85. The average molecular weight is 266 g/mol. The Morgan fingerprint density at radius 3 is 2.37 bits per heavy atom. The van der Waals surface area contributed by atoms with Crippen LogP contribution in [0.2, 0.25) is 0 Å². The zero-order valence-electron chi connectivity index (χ0n) is 10.3. The molecule has 0 saturated heterocycles. The third-order valence-electron chi connectivity index (χ3n) is 2.27. The number of ether oxygens (including phenoxy) is 1. The van der Waals surface area contributed by atoms with Crippen LogP contribution in [0.3, 0.4) is 0 Å². The molecular weight excluding hydrogens is 252 g/mol. The number of primary amides is 1. The second-order valence-electron chi connectivity index (χ2n) is 3.76. The summed E-state index contributed by atoms with van der Waals surface area (Å²) in [6.07, 6.45) is -1.14. The molecule has 0 aliphatic rings. The number of carbonyl (C=O) groups excluding carboxylic acids is 3. The van der Waals surface area contributed by atoms with Gasteiger partial charge in [-0.25, -0.2) is 9.59 Å². The topological polar surface area (TPSA) is 119 Å². The van der Waals surface area contributed by atoms with Crippen molar-refractivity contribution in [2.24, 2.45) is 5.73 Å². The van der Waals surface area contributed by atoms with Crippen LogP contribution >= 0.6 is 0 Å². The van der Waals surface area contributed by atoms with Crippen molar-refractivity contribution in [2.75, 3.05) is 0 Å². The van der Waals surface area contributed by atoms with Gasteiger partial charge in [0.2, 0.25) is 0 Å². The molecule has 0 radical (unpaired) electrons. The van der Waals surface area contributed by atoms with E-state index in [1.54, 1.807) is 12.1 Å². The number of carbonyl (C=O) groups is 3. The number of esters is 1. The lowest BCUT2D eigenvalue weighted by atomic mass is 10.1. The summed E-state index contributed by atoms with van der Waals surface area (Å²) in [5.74, 6) is -1.51. The van der Waals surface area contributed by atoms with Gasteiger partial charge in [-0.1, -0.05) is 12.1 Å². The number of nitrogens with two attached hydrogens (primary N) is 1. The lowest BCUT2D eigenvalue weighted by Crippen LogP contribution is -2.42. The van der Waals surface area contributed by atoms with Crippen LogP contribution in [0.15, 0.2) is 24.3 Å². The molecule has 1 rings (SSSR count). The molecule has 3 amide bonds. The van der Waals surface area contributed by atoms with Crippen LogP contribution in [0.1, 0.15) is 22.8 Å². The van der Waals surface area contributed by atoms with Gasteiger partial charge in [0.15, 0.2) is 6.10 Å². The Kier molecular flexibility index (Phi) is 5.01. The molecule has 4 N–H and O–H groups in total. The van der Waals surface area contributed by atoms with E-state index in [-0.39, 0.29) is 12.2 Å². The SMILES string of the molecule is C[C@H](OC(=O)c1ccc(CO)cc1)C(=O)NC(N)=O. The Labute approximate surface area is 109 Å². The molecule has 0 aliphatic heterocycles. The molecule has 102 valence electrons. The summed E-state index contributed by atoms with van der Waals surface area (Å²) in [6.45, 7) is 1.19. The molecule has 0 heterocycles. The predicted molar refractivity (Wildman–Crippen MR) is 65.0 cm³/mol. The number of benzene rings is 1. The van der Waals surface area contributed by atoms with Gasteiger partial charge in [0.1, 0.15) is 0 Å². The summed E-state index contributed by atoms with van der Waals surface area (Å²) >= 11 is 0. The largest absolute Gasteiger partial charge is 0.449 e. The van der Waals surface area contributed by atoms with Crippen LogP contribution in [-0.4, -0.2) is 29.1 Å². The molecule has 0 unspecified atom stereocenters. The van der Waals surface area contributed by atoms with E-state index in [0.717, 1.165) is 0 Å². The van der Waals surface area contributed by atoms with Crippen molar-refractivity contribution < 1.29 is 24.2 Å². The molecule has 0 saturated carbocycles. The lowest BCUT2D eigenvalue weighted by Gasteiger charge is -2.12. The van der Waals surface area contributed by atoms with Crippen molar-refractivity contribution >= 4 is 17.9 Å². The van der Waals surface area contributed by atoms with Crippen molar-refractivity contribution in [1.82, 2.24) is 5.32 Å². The van der Waals surface area contributed by atoms with Crippen molar-refractivity contribution in [2.45, 2.75) is 19.6 Å². The van der Waals surface area contributed by atoms with Gasteiger partial charge in [0, 0.05) is 0 Å². The van der Waals surface area contributed by atoms with E-state index in [4.69, 9.17) is 15.6 Å². The molecular formula is C12H14N2O5. The van der Waals surface area contributed by atoms with Crippen molar-refractivity contribution in [3.63, 3.8) is 0 Å². The van der Waals surface area contributed by atoms with Crippen molar-refractivity contribution in [3.8, 4) is 0 Å². The minimum absolute atomic E-state index is 0.132. The molecule has 0 bridgehead atoms. The summed E-state index contributed by atoms with van der Waals surface area (Å²) in [4.78, 5) is 33.4.